The molecule has 2 saturated heterocycles. The number of nitrogens with one attached hydrogen (secondary N) is 1. The second-order valence-corrected chi connectivity index (χ2v) is 10.1. The molecule has 4 aromatic rings. The third kappa shape index (κ3) is 4.37. The van der Waals surface area contributed by atoms with Gasteiger partial charge in [-0.05, 0) is 42.9 Å². The monoisotopic (exact) mass is 493 g/mol. The van der Waals surface area contributed by atoms with Gasteiger partial charge < -0.3 is 19.5 Å². The Hall–Kier alpha value is -4.06. The van der Waals surface area contributed by atoms with E-state index in [0.717, 1.165) is 53.4 Å². The summed E-state index contributed by atoms with van der Waals surface area (Å²) in [6.07, 6.45) is 3.13. The van der Waals surface area contributed by atoms with Crippen LogP contribution in [0.3, 0.4) is 0 Å². The van der Waals surface area contributed by atoms with Crippen LogP contribution in [0.15, 0.2) is 84.9 Å². The molecule has 0 aliphatic carbocycles. The number of aromatic nitrogens is 1. The van der Waals surface area contributed by atoms with Crippen LogP contribution >= 0.6 is 0 Å². The van der Waals surface area contributed by atoms with Crippen LogP contribution in [0.25, 0.3) is 22.2 Å². The molecule has 6 nitrogen and oxygen atoms in total. The van der Waals surface area contributed by atoms with E-state index in [1.807, 2.05) is 90.8 Å². The first-order valence-electron chi connectivity index (χ1n) is 13.0. The van der Waals surface area contributed by atoms with E-state index in [2.05, 4.69) is 16.0 Å². The molecule has 1 N–H and O–H groups in total. The van der Waals surface area contributed by atoms with Crippen LogP contribution in [-0.2, 0) is 18.4 Å². The van der Waals surface area contributed by atoms with Gasteiger partial charge in [0, 0.05) is 36.1 Å². The minimum absolute atomic E-state index is 0.0192. The van der Waals surface area contributed by atoms with Gasteiger partial charge in [-0.3, -0.25) is 4.79 Å². The van der Waals surface area contributed by atoms with Crippen LogP contribution in [0.2, 0.25) is 0 Å². The van der Waals surface area contributed by atoms with E-state index in [4.69, 9.17) is 4.74 Å². The molecule has 6 heteroatoms. The maximum atomic E-state index is 13.8. The van der Waals surface area contributed by atoms with Crippen molar-refractivity contribution in [3.63, 3.8) is 0 Å². The Morgan fingerprint density at radius 1 is 0.865 bits per heavy atom. The van der Waals surface area contributed by atoms with E-state index >= 15 is 0 Å². The number of carbonyl (C=O) groups excluding carboxylic acids is 2. The van der Waals surface area contributed by atoms with Crippen molar-refractivity contribution in [3.05, 3.63) is 96.1 Å². The average molecular weight is 494 g/mol. The molecule has 37 heavy (non-hydrogen) atoms. The van der Waals surface area contributed by atoms with E-state index in [1.54, 1.807) is 0 Å². The van der Waals surface area contributed by atoms with E-state index in [-0.39, 0.29) is 36.7 Å². The van der Waals surface area contributed by atoms with Gasteiger partial charge in [0.25, 0.3) is 5.91 Å². The molecule has 2 aliphatic rings. The van der Waals surface area contributed by atoms with E-state index < -0.39 is 0 Å². The lowest BCUT2D eigenvalue weighted by Crippen LogP contribution is -2.52. The number of ether oxygens (including phenoxy) is 1. The van der Waals surface area contributed by atoms with Crippen molar-refractivity contribution in [1.29, 1.82) is 0 Å². The quantitative estimate of drug-likeness (QED) is 0.376. The first-order valence-corrected chi connectivity index (χ1v) is 13.0. The molecule has 3 aromatic carbocycles. The number of hydrogen-bond acceptors (Lipinski definition) is 3. The summed E-state index contributed by atoms with van der Waals surface area (Å²) in [7, 11) is 2.02. The van der Waals surface area contributed by atoms with Crippen molar-refractivity contribution in [3.8, 4) is 11.3 Å². The van der Waals surface area contributed by atoms with Gasteiger partial charge in [-0.2, -0.15) is 0 Å². The summed E-state index contributed by atoms with van der Waals surface area (Å²) >= 11 is 0. The fraction of sp³-hybridized carbons (Fsp3) is 0.290. The Morgan fingerprint density at radius 2 is 1.49 bits per heavy atom. The topological polar surface area (TPSA) is 63.6 Å². The molecule has 188 valence electrons. The lowest BCUT2D eigenvalue weighted by Gasteiger charge is -2.38. The number of piperidine rings is 1. The van der Waals surface area contributed by atoms with Gasteiger partial charge in [0.15, 0.2) is 0 Å². The first-order chi connectivity index (χ1) is 18.1. The number of amides is 2. The molecular formula is C31H31N3O3. The lowest BCUT2D eigenvalue weighted by atomic mass is 9.96. The highest BCUT2D eigenvalue weighted by molar-refractivity contribution is 6.12. The zero-order chi connectivity index (χ0) is 25.4. The zero-order valence-electron chi connectivity index (χ0n) is 21.0. The van der Waals surface area contributed by atoms with Gasteiger partial charge in [0.2, 0.25) is 0 Å². The number of para-hydroxylation sites is 1. The fourth-order valence-electron chi connectivity index (χ4n) is 6.20. The maximum Gasteiger partial charge on any atom is 0.410 e. The normalized spacial score (nSPS) is 20.7. The van der Waals surface area contributed by atoms with Gasteiger partial charge in [0.05, 0.1) is 11.3 Å². The van der Waals surface area contributed by atoms with Gasteiger partial charge in [-0.25, -0.2) is 4.79 Å². The number of carbonyl (C=O) groups is 2. The maximum absolute atomic E-state index is 13.8. The van der Waals surface area contributed by atoms with Crippen LogP contribution < -0.4 is 5.32 Å². The van der Waals surface area contributed by atoms with Gasteiger partial charge in [-0.1, -0.05) is 78.9 Å². The molecule has 2 fully saturated rings. The largest absolute Gasteiger partial charge is 0.445 e. The molecule has 0 radical (unpaired) electrons. The number of benzene rings is 3. The second-order valence-electron chi connectivity index (χ2n) is 10.1. The number of nitrogens with zero attached hydrogens (tertiary/aromatic N) is 2. The molecule has 2 bridgehead atoms. The Morgan fingerprint density at radius 3 is 2.19 bits per heavy atom. The summed E-state index contributed by atoms with van der Waals surface area (Å²) in [5, 5.41) is 4.29. The lowest BCUT2D eigenvalue weighted by molar-refractivity contribution is 0.0568. The number of aryl methyl sites for hydroxylation is 1. The first kappa shape index (κ1) is 23.3. The van der Waals surface area contributed by atoms with Crippen LogP contribution in [0.4, 0.5) is 4.79 Å². The molecule has 6 rings (SSSR count). The van der Waals surface area contributed by atoms with E-state index in [1.165, 1.54) is 0 Å². The van der Waals surface area contributed by atoms with Gasteiger partial charge in [0.1, 0.15) is 6.61 Å². The van der Waals surface area contributed by atoms with Crippen LogP contribution in [0, 0.1) is 0 Å². The van der Waals surface area contributed by atoms with Crippen molar-refractivity contribution in [2.45, 2.75) is 50.4 Å². The summed E-state index contributed by atoms with van der Waals surface area (Å²) in [6.45, 7) is 0.277. The van der Waals surface area contributed by atoms with Gasteiger partial charge >= 0.3 is 6.09 Å². The zero-order valence-corrected chi connectivity index (χ0v) is 21.0. The highest BCUT2D eigenvalue weighted by Crippen LogP contribution is 2.37. The molecule has 0 saturated carbocycles. The smallest absolute Gasteiger partial charge is 0.410 e. The Bertz CT molecular complexity index is 1420. The van der Waals surface area contributed by atoms with Crippen molar-refractivity contribution in [1.82, 2.24) is 14.8 Å². The molecule has 3 heterocycles. The van der Waals surface area contributed by atoms with E-state index in [0.29, 0.717) is 5.56 Å². The van der Waals surface area contributed by atoms with Crippen LogP contribution in [0.1, 0.15) is 41.6 Å². The van der Waals surface area contributed by atoms with Crippen molar-refractivity contribution in [2.24, 2.45) is 7.05 Å². The number of fused-ring (bicyclic) bond motifs is 3. The SMILES string of the molecule is Cn1c(-c2ccccc2)c(C(=O)NC2CC3CCC(C2)N3C(=O)OCc2ccccc2)c2ccccc21. The Kier molecular flexibility index (Phi) is 6.16. The third-order valence-electron chi connectivity index (χ3n) is 7.87. The molecule has 1 aromatic heterocycles. The molecule has 0 spiro atoms. The standard InChI is InChI=1S/C31H31N3O3/c1-33-27-15-9-8-14-26(27)28(29(33)22-12-6-3-7-13-22)30(35)32-23-18-24-16-17-25(19-23)34(24)31(36)37-20-21-10-4-2-5-11-21/h2-15,23-25H,16-20H2,1H3,(H,32,35). The molecule has 2 amide bonds. The summed E-state index contributed by atoms with van der Waals surface area (Å²) in [5.74, 6) is -0.0554. The highest BCUT2D eigenvalue weighted by Gasteiger charge is 2.44. The number of hydrogen-bond donors (Lipinski definition) is 1. The summed E-state index contributed by atoms with van der Waals surface area (Å²) in [6, 6.07) is 28.1. The van der Waals surface area contributed by atoms with E-state index in [9.17, 15) is 9.59 Å². The van der Waals surface area contributed by atoms with Crippen molar-refractivity contribution in [2.75, 3.05) is 0 Å². The fourth-order valence-corrected chi connectivity index (χ4v) is 6.20. The highest BCUT2D eigenvalue weighted by atomic mass is 16.6. The predicted molar refractivity (Wildman–Crippen MR) is 144 cm³/mol. The minimum atomic E-state index is -0.249. The predicted octanol–water partition coefficient (Wildman–Crippen LogP) is 5.91. The summed E-state index contributed by atoms with van der Waals surface area (Å²) < 4.78 is 7.75. The summed E-state index contributed by atoms with van der Waals surface area (Å²) in [5.41, 5.74) is 4.66. The Balaban J connectivity index is 1.19. The van der Waals surface area contributed by atoms with Crippen molar-refractivity contribution >= 4 is 22.9 Å². The van der Waals surface area contributed by atoms with Gasteiger partial charge in [-0.15, -0.1) is 0 Å². The average Bonchev–Trinajstić information content (AvgIpc) is 3.38. The molecular weight excluding hydrogens is 462 g/mol. The Labute approximate surface area is 216 Å². The number of rotatable bonds is 5. The van der Waals surface area contributed by atoms with Crippen LogP contribution in [-0.4, -0.2) is 39.6 Å². The molecule has 2 atom stereocenters. The van der Waals surface area contributed by atoms with Crippen molar-refractivity contribution < 1.29 is 14.3 Å². The third-order valence-corrected chi connectivity index (χ3v) is 7.87. The second kappa shape index (κ2) is 9.77. The molecule has 2 unspecified atom stereocenters. The van der Waals surface area contributed by atoms with Crippen LogP contribution in [0.5, 0.6) is 0 Å². The molecule has 2 aliphatic heterocycles. The minimum Gasteiger partial charge on any atom is -0.445 e. The summed E-state index contributed by atoms with van der Waals surface area (Å²) in [4.78, 5) is 28.7.